The molecule has 0 aliphatic heterocycles. The Morgan fingerprint density at radius 2 is 1.73 bits per heavy atom. The lowest BCUT2D eigenvalue weighted by Gasteiger charge is -2.22. The van der Waals surface area contributed by atoms with Crippen LogP contribution in [-0.4, -0.2) is 11.1 Å². The van der Waals surface area contributed by atoms with Crippen LogP contribution >= 0.6 is 12.4 Å². The van der Waals surface area contributed by atoms with Gasteiger partial charge in [-0.3, -0.25) is 4.79 Å². The highest BCUT2D eigenvalue weighted by Crippen LogP contribution is 2.27. The summed E-state index contributed by atoms with van der Waals surface area (Å²) in [5, 5.41) is 8.62. The van der Waals surface area contributed by atoms with Crippen molar-refractivity contribution in [3.05, 3.63) is 0 Å². The molecule has 66 valence electrons. The van der Waals surface area contributed by atoms with Crippen molar-refractivity contribution in [3.8, 4) is 0 Å². The van der Waals surface area contributed by atoms with Crippen molar-refractivity contribution in [1.29, 1.82) is 0 Å². The normalized spacial score (nSPS) is 30.6. The van der Waals surface area contributed by atoms with E-state index in [-0.39, 0.29) is 18.3 Å². The molecule has 1 N–H and O–H groups in total. The molecule has 0 amide bonds. The molecule has 0 unspecified atom stereocenters. The Morgan fingerprint density at radius 1 is 1.27 bits per heavy atom. The second kappa shape index (κ2) is 4.60. The Kier molecular flexibility index (Phi) is 4.50. The molecule has 2 nitrogen and oxygen atoms in total. The SMILES string of the molecule is C[C@H]1CC[C@H](C(=O)O)CC1.Cl. The average Bonchev–Trinajstić information content (AvgIpc) is 1.88. The molecule has 1 saturated carbocycles. The molecule has 3 heteroatoms. The third kappa shape index (κ3) is 3.10. The van der Waals surface area contributed by atoms with E-state index in [1.807, 2.05) is 0 Å². The average molecular weight is 179 g/mol. The van der Waals surface area contributed by atoms with E-state index in [1.165, 1.54) is 0 Å². The van der Waals surface area contributed by atoms with E-state index in [0.29, 0.717) is 0 Å². The summed E-state index contributed by atoms with van der Waals surface area (Å²) in [4.78, 5) is 10.5. The number of hydrogen-bond acceptors (Lipinski definition) is 1. The highest BCUT2D eigenvalue weighted by Gasteiger charge is 2.23. The van der Waals surface area contributed by atoms with Gasteiger partial charge in [0.25, 0.3) is 0 Å². The number of halogens is 1. The Bertz CT molecular complexity index is 128. The quantitative estimate of drug-likeness (QED) is 0.669. The minimum absolute atomic E-state index is 0. The fourth-order valence-corrected chi connectivity index (χ4v) is 1.51. The van der Waals surface area contributed by atoms with Crippen LogP contribution in [-0.2, 0) is 4.79 Å². The first-order chi connectivity index (χ1) is 4.70. The lowest BCUT2D eigenvalue weighted by Crippen LogP contribution is -2.19. The number of hydrogen-bond donors (Lipinski definition) is 1. The van der Waals surface area contributed by atoms with E-state index in [0.717, 1.165) is 31.6 Å². The number of carboxylic acids is 1. The van der Waals surface area contributed by atoms with Crippen LogP contribution in [0.15, 0.2) is 0 Å². The van der Waals surface area contributed by atoms with Gasteiger partial charge in [0.2, 0.25) is 0 Å². The van der Waals surface area contributed by atoms with Crippen molar-refractivity contribution in [3.63, 3.8) is 0 Å². The molecule has 0 spiro atoms. The van der Waals surface area contributed by atoms with Crippen molar-refractivity contribution in [1.82, 2.24) is 0 Å². The maximum atomic E-state index is 10.5. The van der Waals surface area contributed by atoms with Crippen LogP contribution in [0, 0.1) is 11.8 Å². The van der Waals surface area contributed by atoms with Crippen molar-refractivity contribution in [2.75, 3.05) is 0 Å². The molecule has 0 heterocycles. The van der Waals surface area contributed by atoms with Crippen molar-refractivity contribution in [2.45, 2.75) is 32.6 Å². The molecule has 0 bridgehead atoms. The number of rotatable bonds is 1. The topological polar surface area (TPSA) is 37.3 Å². The van der Waals surface area contributed by atoms with Gasteiger partial charge in [0.15, 0.2) is 0 Å². The Balaban J connectivity index is 0.000001000. The van der Waals surface area contributed by atoms with Gasteiger partial charge in [0, 0.05) is 0 Å². The summed E-state index contributed by atoms with van der Waals surface area (Å²) in [6.07, 6.45) is 3.96. The van der Waals surface area contributed by atoms with Gasteiger partial charge < -0.3 is 5.11 Å². The molecule has 0 aromatic carbocycles. The largest absolute Gasteiger partial charge is 0.481 e. The zero-order valence-electron chi connectivity index (χ0n) is 6.75. The lowest BCUT2D eigenvalue weighted by atomic mass is 9.83. The number of aliphatic carboxylic acids is 1. The number of carbonyl (C=O) groups is 1. The molecule has 11 heavy (non-hydrogen) atoms. The van der Waals surface area contributed by atoms with Gasteiger partial charge in [-0.2, -0.15) is 0 Å². The molecule has 0 aromatic heterocycles. The fraction of sp³-hybridized carbons (Fsp3) is 0.875. The standard InChI is InChI=1S/C8H14O2.ClH/c1-6-2-4-7(5-3-6)8(9)10;/h6-7H,2-5H2,1H3,(H,9,10);1H/t6-,7-;. The summed E-state index contributed by atoms with van der Waals surface area (Å²) in [5.41, 5.74) is 0. The minimum Gasteiger partial charge on any atom is -0.481 e. The summed E-state index contributed by atoms with van der Waals surface area (Å²) in [6, 6.07) is 0. The zero-order valence-corrected chi connectivity index (χ0v) is 7.56. The second-order valence-corrected chi connectivity index (χ2v) is 3.30. The lowest BCUT2D eigenvalue weighted by molar-refractivity contribution is -0.143. The monoisotopic (exact) mass is 178 g/mol. The molecule has 1 fully saturated rings. The summed E-state index contributed by atoms with van der Waals surface area (Å²) < 4.78 is 0. The van der Waals surface area contributed by atoms with Crippen LogP contribution in [0.4, 0.5) is 0 Å². The first-order valence-electron chi connectivity index (χ1n) is 3.93. The van der Waals surface area contributed by atoms with Gasteiger partial charge >= 0.3 is 5.97 Å². The maximum absolute atomic E-state index is 10.5. The zero-order chi connectivity index (χ0) is 7.56. The third-order valence-corrected chi connectivity index (χ3v) is 2.37. The van der Waals surface area contributed by atoms with Crippen molar-refractivity contribution >= 4 is 18.4 Å². The Morgan fingerprint density at radius 3 is 2.09 bits per heavy atom. The van der Waals surface area contributed by atoms with Gasteiger partial charge in [-0.1, -0.05) is 6.92 Å². The van der Waals surface area contributed by atoms with Gasteiger partial charge in [-0.05, 0) is 31.6 Å². The fourth-order valence-electron chi connectivity index (χ4n) is 1.51. The van der Waals surface area contributed by atoms with Gasteiger partial charge in [0.1, 0.15) is 0 Å². The predicted molar refractivity (Wildman–Crippen MR) is 46.0 cm³/mol. The highest BCUT2D eigenvalue weighted by molar-refractivity contribution is 5.85. The molecule has 1 rings (SSSR count). The van der Waals surface area contributed by atoms with Crippen LogP contribution in [0.3, 0.4) is 0 Å². The summed E-state index contributed by atoms with van der Waals surface area (Å²) in [6.45, 7) is 2.19. The van der Waals surface area contributed by atoms with E-state index < -0.39 is 5.97 Å². The van der Waals surface area contributed by atoms with Crippen LogP contribution in [0.2, 0.25) is 0 Å². The van der Waals surface area contributed by atoms with Crippen molar-refractivity contribution < 1.29 is 9.90 Å². The van der Waals surface area contributed by atoms with Crippen LogP contribution in [0.5, 0.6) is 0 Å². The molecule has 1 aliphatic rings. The van der Waals surface area contributed by atoms with Gasteiger partial charge in [-0.15, -0.1) is 12.4 Å². The molecule has 0 aromatic rings. The second-order valence-electron chi connectivity index (χ2n) is 3.30. The van der Waals surface area contributed by atoms with Crippen LogP contribution < -0.4 is 0 Å². The van der Waals surface area contributed by atoms with E-state index in [9.17, 15) is 4.79 Å². The van der Waals surface area contributed by atoms with E-state index in [4.69, 9.17) is 5.11 Å². The number of carboxylic acid groups (broad SMARTS) is 1. The minimum atomic E-state index is -0.605. The Labute approximate surface area is 73.4 Å². The van der Waals surface area contributed by atoms with E-state index in [1.54, 1.807) is 0 Å². The smallest absolute Gasteiger partial charge is 0.306 e. The molecular weight excluding hydrogens is 164 g/mol. The molecule has 0 atom stereocenters. The summed E-state index contributed by atoms with van der Waals surface area (Å²) in [7, 11) is 0. The van der Waals surface area contributed by atoms with Gasteiger partial charge in [-0.25, -0.2) is 0 Å². The Hall–Kier alpha value is -0.240. The molecule has 0 radical (unpaired) electrons. The van der Waals surface area contributed by atoms with E-state index >= 15 is 0 Å². The molecule has 0 saturated heterocycles. The summed E-state index contributed by atoms with van der Waals surface area (Å²) in [5.74, 6) is 0.0960. The first-order valence-corrected chi connectivity index (χ1v) is 3.93. The first kappa shape index (κ1) is 10.8. The third-order valence-electron chi connectivity index (χ3n) is 2.37. The summed E-state index contributed by atoms with van der Waals surface area (Å²) >= 11 is 0. The predicted octanol–water partition coefficient (Wildman–Crippen LogP) is 2.32. The maximum Gasteiger partial charge on any atom is 0.306 e. The highest BCUT2D eigenvalue weighted by atomic mass is 35.5. The molecule has 1 aliphatic carbocycles. The van der Waals surface area contributed by atoms with Crippen LogP contribution in [0.1, 0.15) is 32.6 Å². The van der Waals surface area contributed by atoms with E-state index in [2.05, 4.69) is 6.92 Å². The molecular formula is C8H15ClO2. The van der Waals surface area contributed by atoms with Crippen LogP contribution in [0.25, 0.3) is 0 Å². The van der Waals surface area contributed by atoms with Crippen molar-refractivity contribution in [2.24, 2.45) is 11.8 Å². The van der Waals surface area contributed by atoms with Gasteiger partial charge in [0.05, 0.1) is 5.92 Å².